The maximum absolute atomic E-state index is 12.4. The molecular weight excluding hydrogens is 318 g/mol. The SMILES string of the molecule is O=C1NC(O)c2c3c(c4[nH]c5[nH]c(=O)c(Cl)cc5c4c21)CCC3. The summed E-state index contributed by atoms with van der Waals surface area (Å²) in [5.41, 5.74) is 4.35. The molecule has 4 N–H and O–H groups in total. The van der Waals surface area contributed by atoms with Crippen molar-refractivity contribution >= 4 is 39.4 Å². The number of amides is 1. The molecule has 3 heterocycles. The summed E-state index contributed by atoms with van der Waals surface area (Å²) in [4.78, 5) is 30.1. The molecule has 0 bridgehead atoms. The van der Waals surface area contributed by atoms with Gasteiger partial charge in [-0.1, -0.05) is 11.6 Å². The Morgan fingerprint density at radius 2 is 1.96 bits per heavy atom. The number of aliphatic hydroxyl groups excluding tert-OH is 1. The van der Waals surface area contributed by atoms with Gasteiger partial charge in [-0.2, -0.15) is 0 Å². The first-order chi connectivity index (χ1) is 11.1. The molecule has 5 rings (SSSR count). The number of hydrogen-bond acceptors (Lipinski definition) is 3. The van der Waals surface area contributed by atoms with Gasteiger partial charge in [0.15, 0.2) is 6.23 Å². The predicted octanol–water partition coefficient (Wildman–Crippen LogP) is 1.89. The van der Waals surface area contributed by atoms with Gasteiger partial charge in [-0.15, -0.1) is 0 Å². The summed E-state index contributed by atoms with van der Waals surface area (Å²) in [6.07, 6.45) is 1.72. The lowest BCUT2D eigenvalue weighted by Crippen LogP contribution is -2.18. The number of rotatable bonds is 0. The number of aliphatic hydroxyl groups is 1. The second-order valence-corrected chi connectivity index (χ2v) is 6.49. The van der Waals surface area contributed by atoms with Gasteiger partial charge in [-0.05, 0) is 36.5 Å². The molecule has 1 aliphatic carbocycles. The zero-order valence-electron chi connectivity index (χ0n) is 11.9. The second-order valence-electron chi connectivity index (χ2n) is 6.09. The van der Waals surface area contributed by atoms with Gasteiger partial charge in [0.05, 0.1) is 11.1 Å². The first-order valence-electron chi connectivity index (χ1n) is 7.47. The number of nitrogens with one attached hydrogen (secondary N) is 3. The molecule has 0 saturated carbocycles. The molecule has 6 nitrogen and oxygen atoms in total. The third-order valence-corrected chi connectivity index (χ3v) is 5.18. The number of aryl methyl sites for hydroxylation is 1. The molecule has 7 heteroatoms. The van der Waals surface area contributed by atoms with E-state index in [0.29, 0.717) is 22.2 Å². The Balaban J connectivity index is 2.08. The zero-order valence-corrected chi connectivity index (χ0v) is 12.7. The van der Waals surface area contributed by atoms with E-state index in [2.05, 4.69) is 15.3 Å². The van der Waals surface area contributed by atoms with Crippen LogP contribution in [0, 0.1) is 0 Å². The van der Waals surface area contributed by atoms with Crippen LogP contribution in [0.2, 0.25) is 5.02 Å². The molecule has 1 amide bonds. The normalized spacial score (nSPS) is 19.4. The molecule has 23 heavy (non-hydrogen) atoms. The van der Waals surface area contributed by atoms with E-state index >= 15 is 0 Å². The minimum atomic E-state index is -0.975. The highest BCUT2D eigenvalue weighted by atomic mass is 35.5. The van der Waals surface area contributed by atoms with E-state index in [1.54, 1.807) is 6.07 Å². The lowest BCUT2D eigenvalue weighted by atomic mass is 9.93. The Labute approximate surface area is 134 Å². The highest BCUT2D eigenvalue weighted by Gasteiger charge is 2.36. The Hall–Kier alpha value is -2.31. The third-order valence-electron chi connectivity index (χ3n) is 4.90. The molecule has 0 radical (unpaired) electrons. The lowest BCUT2D eigenvalue weighted by Gasteiger charge is -2.11. The van der Waals surface area contributed by atoms with Crippen LogP contribution in [-0.4, -0.2) is 21.0 Å². The van der Waals surface area contributed by atoms with E-state index in [9.17, 15) is 14.7 Å². The molecule has 0 spiro atoms. The van der Waals surface area contributed by atoms with Crippen molar-refractivity contribution in [2.24, 2.45) is 0 Å². The van der Waals surface area contributed by atoms with Crippen LogP contribution in [0.3, 0.4) is 0 Å². The highest BCUT2D eigenvalue weighted by molar-refractivity contribution is 6.32. The van der Waals surface area contributed by atoms with Gasteiger partial charge in [-0.3, -0.25) is 9.59 Å². The predicted molar refractivity (Wildman–Crippen MR) is 85.9 cm³/mol. The molecule has 0 saturated heterocycles. The number of carbonyl (C=O) groups is 1. The molecule has 1 aromatic carbocycles. The van der Waals surface area contributed by atoms with E-state index in [4.69, 9.17) is 11.6 Å². The van der Waals surface area contributed by atoms with Crippen LogP contribution >= 0.6 is 11.6 Å². The van der Waals surface area contributed by atoms with Crippen LogP contribution < -0.4 is 10.9 Å². The van der Waals surface area contributed by atoms with Crippen molar-refractivity contribution in [2.45, 2.75) is 25.5 Å². The van der Waals surface area contributed by atoms with Crippen LogP contribution in [0.25, 0.3) is 21.9 Å². The van der Waals surface area contributed by atoms with E-state index in [1.807, 2.05) is 0 Å². The highest BCUT2D eigenvalue weighted by Crippen LogP contribution is 2.43. The van der Waals surface area contributed by atoms with Gasteiger partial charge in [0, 0.05) is 16.3 Å². The number of aromatic amines is 2. The van der Waals surface area contributed by atoms with Gasteiger partial charge in [0.25, 0.3) is 11.5 Å². The summed E-state index contributed by atoms with van der Waals surface area (Å²) in [6, 6.07) is 1.58. The molecule has 2 aromatic heterocycles. The van der Waals surface area contributed by atoms with Gasteiger partial charge >= 0.3 is 0 Å². The van der Waals surface area contributed by atoms with Crippen molar-refractivity contribution in [3.05, 3.63) is 43.7 Å². The van der Waals surface area contributed by atoms with E-state index in [1.165, 1.54) is 0 Å². The largest absolute Gasteiger partial charge is 0.369 e. The monoisotopic (exact) mass is 329 g/mol. The smallest absolute Gasteiger partial charge is 0.268 e. The fraction of sp³-hybridized carbons (Fsp3) is 0.250. The summed E-state index contributed by atoms with van der Waals surface area (Å²) in [5.74, 6) is -0.296. The van der Waals surface area contributed by atoms with Gasteiger partial charge in [0.2, 0.25) is 0 Å². The average molecular weight is 330 g/mol. The molecule has 0 fully saturated rings. The molecular formula is C16H12ClN3O3. The Kier molecular flexibility index (Phi) is 2.38. The topological polar surface area (TPSA) is 98.0 Å². The van der Waals surface area contributed by atoms with Crippen molar-refractivity contribution in [3.8, 4) is 0 Å². The van der Waals surface area contributed by atoms with Crippen LogP contribution in [0.5, 0.6) is 0 Å². The third kappa shape index (κ3) is 1.52. The van der Waals surface area contributed by atoms with Crippen LogP contribution in [0.1, 0.15) is 39.7 Å². The fourth-order valence-corrected chi connectivity index (χ4v) is 4.17. The molecule has 1 atom stereocenters. The first-order valence-corrected chi connectivity index (χ1v) is 7.85. The number of halogens is 1. The van der Waals surface area contributed by atoms with Crippen molar-refractivity contribution < 1.29 is 9.90 Å². The van der Waals surface area contributed by atoms with Crippen LogP contribution in [0.15, 0.2) is 10.9 Å². The molecule has 1 aliphatic heterocycles. The van der Waals surface area contributed by atoms with Crippen LogP contribution in [0.4, 0.5) is 0 Å². The number of pyridine rings is 1. The number of carbonyl (C=O) groups excluding carboxylic acids is 1. The minimum absolute atomic E-state index is 0.0756. The summed E-state index contributed by atoms with van der Waals surface area (Å²) >= 11 is 5.97. The summed E-state index contributed by atoms with van der Waals surface area (Å²) in [7, 11) is 0. The maximum Gasteiger partial charge on any atom is 0.268 e. The number of aromatic nitrogens is 2. The van der Waals surface area contributed by atoms with Gasteiger partial charge in [0.1, 0.15) is 10.7 Å². The molecule has 1 unspecified atom stereocenters. The Morgan fingerprint density at radius 3 is 2.78 bits per heavy atom. The lowest BCUT2D eigenvalue weighted by molar-refractivity contribution is 0.0850. The zero-order chi connectivity index (χ0) is 15.9. The average Bonchev–Trinajstić information content (AvgIpc) is 3.16. The van der Waals surface area contributed by atoms with Crippen molar-refractivity contribution in [1.29, 1.82) is 0 Å². The number of fused-ring (bicyclic) bond motifs is 8. The maximum atomic E-state index is 12.4. The number of benzene rings is 1. The van der Waals surface area contributed by atoms with Crippen molar-refractivity contribution in [2.75, 3.05) is 0 Å². The minimum Gasteiger partial charge on any atom is -0.369 e. The van der Waals surface area contributed by atoms with Crippen molar-refractivity contribution in [3.63, 3.8) is 0 Å². The standard InChI is InChI=1S/C16H12ClN3O3/c17-8-4-7-9-11-10(15(22)20-16(11)23)5-2-1-3-6(5)12(9)18-13(7)19-14(8)21/h4,15,22H,1-3H2,(H,20,23)(H2,18,19,21). The summed E-state index contributed by atoms with van der Waals surface area (Å²) < 4.78 is 0. The Morgan fingerprint density at radius 1 is 1.17 bits per heavy atom. The first kappa shape index (κ1) is 13.2. The number of hydrogen-bond donors (Lipinski definition) is 4. The van der Waals surface area contributed by atoms with Crippen molar-refractivity contribution in [1.82, 2.24) is 15.3 Å². The van der Waals surface area contributed by atoms with E-state index < -0.39 is 6.23 Å². The van der Waals surface area contributed by atoms with Gasteiger partial charge < -0.3 is 20.4 Å². The molecule has 116 valence electrons. The summed E-state index contributed by atoms with van der Waals surface area (Å²) in [5, 5.41) is 14.3. The van der Waals surface area contributed by atoms with E-state index in [-0.39, 0.29) is 16.5 Å². The number of H-pyrrole nitrogens is 2. The van der Waals surface area contributed by atoms with Crippen LogP contribution in [-0.2, 0) is 12.8 Å². The molecule has 3 aromatic rings. The van der Waals surface area contributed by atoms with E-state index in [0.717, 1.165) is 41.3 Å². The Bertz CT molecular complexity index is 1100. The molecule has 2 aliphatic rings. The quantitative estimate of drug-likeness (QED) is 0.507. The second kappa shape index (κ2) is 4.15. The van der Waals surface area contributed by atoms with Gasteiger partial charge in [-0.25, -0.2) is 0 Å². The summed E-state index contributed by atoms with van der Waals surface area (Å²) in [6.45, 7) is 0. The fourth-order valence-electron chi connectivity index (χ4n) is 4.02.